The highest BCUT2D eigenvalue weighted by molar-refractivity contribution is 4.90. The van der Waals surface area contributed by atoms with Crippen LogP contribution < -0.4 is 0 Å². The van der Waals surface area contributed by atoms with Crippen LogP contribution in [0.1, 0.15) is 39.0 Å². The first kappa shape index (κ1) is 12.0. The molecule has 0 aromatic heterocycles. The molecule has 2 unspecified atom stereocenters. The van der Waals surface area contributed by atoms with Crippen molar-refractivity contribution in [3.63, 3.8) is 0 Å². The molecule has 0 saturated carbocycles. The number of hydrogen-bond acceptors (Lipinski definition) is 2. The molecule has 0 aromatic carbocycles. The van der Waals surface area contributed by atoms with E-state index >= 15 is 0 Å². The second-order valence-electron chi connectivity index (χ2n) is 5.30. The van der Waals surface area contributed by atoms with Gasteiger partial charge in [-0.15, -0.1) is 12.3 Å². The van der Waals surface area contributed by atoms with Gasteiger partial charge in [-0.1, -0.05) is 6.42 Å². The number of nitrogens with zero attached hydrogens (tertiary/aromatic N) is 2. The Morgan fingerprint density at radius 1 is 1.31 bits per heavy atom. The van der Waals surface area contributed by atoms with Crippen LogP contribution in [0.5, 0.6) is 0 Å². The van der Waals surface area contributed by atoms with Crippen LogP contribution in [0.4, 0.5) is 0 Å². The monoisotopic (exact) mass is 220 g/mol. The fraction of sp³-hybridized carbons (Fsp3) is 0.857. The lowest BCUT2D eigenvalue weighted by atomic mass is 9.97. The lowest BCUT2D eigenvalue weighted by molar-refractivity contribution is 0.0151. The zero-order valence-corrected chi connectivity index (χ0v) is 10.5. The van der Waals surface area contributed by atoms with Crippen molar-refractivity contribution in [2.75, 3.05) is 26.2 Å². The largest absolute Gasteiger partial charge is 0.298 e. The van der Waals surface area contributed by atoms with Crippen molar-refractivity contribution in [2.45, 2.75) is 51.1 Å². The molecule has 0 aromatic rings. The molecule has 2 saturated heterocycles. The van der Waals surface area contributed by atoms with E-state index in [9.17, 15) is 0 Å². The van der Waals surface area contributed by atoms with Gasteiger partial charge in [0.2, 0.25) is 0 Å². The summed E-state index contributed by atoms with van der Waals surface area (Å²) in [7, 11) is 0. The lowest BCUT2D eigenvalue weighted by Gasteiger charge is -2.47. The van der Waals surface area contributed by atoms with Gasteiger partial charge in [-0.3, -0.25) is 9.80 Å². The molecule has 0 spiro atoms. The Labute approximate surface area is 100.0 Å². The van der Waals surface area contributed by atoms with E-state index in [4.69, 9.17) is 6.42 Å². The fourth-order valence-electron chi connectivity index (χ4n) is 3.11. The van der Waals surface area contributed by atoms with Gasteiger partial charge in [-0.2, -0.15) is 0 Å². The van der Waals surface area contributed by atoms with Crippen LogP contribution in [0.3, 0.4) is 0 Å². The number of rotatable bonds is 3. The molecule has 2 fully saturated rings. The highest BCUT2D eigenvalue weighted by atomic mass is 15.3. The molecule has 2 nitrogen and oxygen atoms in total. The van der Waals surface area contributed by atoms with E-state index in [1.54, 1.807) is 0 Å². The van der Waals surface area contributed by atoms with Crippen LogP contribution in [-0.2, 0) is 0 Å². The average molecular weight is 220 g/mol. The second-order valence-corrected chi connectivity index (χ2v) is 5.30. The standard InChI is InChI=1S/C14H24N2/c1-3-4-6-9-15-12-14-8-5-7-10-16(14)11-13(15)2/h1,13-14H,4-12H2,2H3. The zero-order valence-electron chi connectivity index (χ0n) is 10.5. The molecule has 0 aliphatic carbocycles. The molecule has 0 bridgehead atoms. The van der Waals surface area contributed by atoms with E-state index in [1.165, 1.54) is 45.4 Å². The number of piperidine rings is 1. The Hall–Kier alpha value is -0.520. The molecular weight excluding hydrogens is 196 g/mol. The Morgan fingerprint density at radius 3 is 3.00 bits per heavy atom. The SMILES string of the molecule is C#CCCCN1CC2CCCCN2CC1C. The summed E-state index contributed by atoms with van der Waals surface area (Å²) in [6, 6.07) is 1.54. The highest BCUT2D eigenvalue weighted by Gasteiger charge is 2.32. The van der Waals surface area contributed by atoms with Crippen molar-refractivity contribution in [1.82, 2.24) is 9.80 Å². The summed E-state index contributed by atoms with van der Waals surface area (Å²) in [6.45, 7) is 7.41. The summed E-state index contributed by atoms with van der Waals surface area (Å²) >= 11 is 0. The molecule has 2 heterocycles. The first-order chi connectivity index (χ1) is 7.81. The Kier molecular flexibility index (Phi) is 4.26. The van der Waals surface area contributed by atoms with Gasteiger partial charge < -0.3 is 0 Å². The minimum atomic E-state index is 0.715. The van der Waals surface area contributed by atoms with Gasteiger partial charge in [0.1, 0.15) is 0 Å². The van der Waals surface area contributed by atoms with E-state index in [-0.39, 0.29) is 0 Å². The average Bonchev–Trinajstić information content (AvgIpc) is 2.30. The van der Waals surface area contributed by atoms with E-state index in [2.05, 4.69) is 22.6 Å². The van der Waals surface area contributed by atoms with Crippen LogP contribution in [0.15, 0.2) is 0 Å². The summed E-state index contributed by atoms with van der Waals surface area (Å²) in [5, 5.41) is 0. The van der Waals surface area contributed by atoms with Gasteiger partial charge in [0, 0.05) is 31.6 Å². The third kappa shape index (κ3) is 2.78. The molecule has 0 amide bonds. The van der Waals surface area contributed by atoms with Crippen molar-refractivity contribution < 1.29 is 0 Å². The van der Waals surface area contributed by atoms with Crippen molar-refractivity contribution in [2.24, 2.45) is 0 Å². The van der Waals surface area contributed by atoms with Crippen LogP contribution >= 0.6 is 0 Å². The van der Waals surface area contributed by atoms with E-state index in [1.807, 2.05) is 0 Å². The smallest absolute Gasteiger partial charge is 0.0223 e. The third-order valence-electron chi connectivity index (χ3n) is 4.08. The molecule has 2 aliphatic rings. The van der Waals surface area contributed by atoms with Crippen LogP contribution in [0.25, 0.3) is 0 Å². The summed E-state index contributed by atoms with van der Waals surface area (Å²) in [4.78, 5) is 5.34. The normalized spacial score (nSPS) is 32.0. The fourth-order valence-corrected chi connectivity index (χ4v) is 3.11. The molecular formula is C14H24N2. The second kappa shape index (κ2) is 5.70. The van der Waals surface area contributed by atoms with E-state index < -0.39 is 0 Å². The summed E-state index contributed by atoms with van der Waals surface area (Å²) < 4.78 is 0. The van der Waals surface area contributed by atoms with Crippen molar-refractivity contribution in [3.05, 3.63) is 0 Å². The lowest BCUT2D eigenvalue weighted by Crippen LogP contribution is -2.58. The third-order valence-corrected chi connectivity index (χ3v) is 4.08. The van der Waals surface area contributed by atoms with Crippen molar-refractivity contribution in [3.8, 4) is 12.3 Å². The number of unbranched alkanes of at least 4 members (excludes halogenated alkanes) is 1. The zero-order chi connectivity index (χ0) is 11.4. The number of hydrogen-bond donors (Lipinski definition) is 0. The van der Waals surface area contributed by atoms with Crippen LogP contribution in [-0.4, -0.2) is 48.1 Å². The van der Waals surface area contributed by atoms with Crippen molar-refractivity contribution in [1.29, 1.82) is 0 Å². The molecule has 16 heavy (non-hydrogen) atoms. The molecule has 0 radical (unpaired) electrons. The maximum Gasteiger partial charge on any atom is 0.0223 e. The summed E-state index contributed by atoms with van der Waals surface area (Å²) in [6.07, 6.45) is 11.6. The topological polar surface area (TPSA) is 6.48 Å². The maximum atomic E-state index is 5.31. The number of terminal acetylenes is 1. The van der Waals surface area contributed by atoms with E-state index in [0.717, 1.165) is 18.9 Å². The van der Waals surface area contributed by atoms with E-state index in [0.29, 0.717) is 6.04 Å². The predicted molar refractivity (Wildman–Crippen MR) is 68.3 cm³/mol. The van der Waals surface area contributed by atoms with Crippen LogP contribution in [0, 0.1) is 12.3 Å². The predicted octanol–water partition coefficient (Wildman–Crippen LogP) is 1.96. The van der Waals surface area contributed by atoms with Crippen LogP contribution in [0.2, 0.25) is 0 Å². The molecule has 2 aliphatic heterocycles. The summed E-state index contributed by atoms with van der Waals surface area (Å²) in [5.74, 6) is 2.74. The first-order valence-corrected chi connectivity index (χ1v) is 6.73. The minimum Gasteiger partial charge on any atom is -0.298 e. The van der Waals surface area contributed by atoms with Gasteiger partial charge in [-0.25, -0.2) is 0 Å². The number of piperazine rings is 1. The van der Waals surface area contributed by atoms with Gasteiger partial charge in [0.25, 0.3) is 0 Å². The van der Waals surface area contributed by atoms with Gasteiger partial charge in [0.15, 0.2) is 0 Å². The Bertz CT molecular complexity index is 256. The maximum absolute atomic E-state index is 5.31. The highest BCUT2D eigenvalue weighted by Crippen LogP contribution is 2.23. The first-order valence-electron chi connectivity index (χ1n) is 6.73. The quantitative estimate of drug-likeness (QED) is 0.530. The molecule has 90 valence electrons. The summed E-state index contributed by atoms with van der Waals surface area (Å²) in [5.41, 5.74) is 0. The van der Waals surface area contributed by atoms with Crippen molar-refractivity contribution >= 4 is 0 Å². The number of fused-ring (bicyclic) bond motifs is 1. The molecule has 2 atom stereocenters. The molecule has 0 N–H and O–H groups in total. The molecule has 2 heteroatoms. The minimum absolute atomic E-state index is 0.715. The Morgan fingerprint density at radius 2 is 2.19 bits per heavy atom. The Balaban J connectivity index is 1.83. The van der Waals surface area contributed by atoms with Gasteiger partial charge >= 0.3 is 0 Å². The van der Waals surface area contributed by atoms with Gasteiger partial charge in [-0.05, 0) is 39.3 Å². The molecule has 2 rings (SSSR count). The van der Waals surface area contributed by atoms with Gasteiger partial charge in [0.05, 0.1) is 0 Å².